The molecular formula is C12H20O3. The topological polar surface area (TPSA) is 43.4 Å². The quantitative estimate of drug-likeness (QED) is 0.672. The smallest absolute Gasteiger partial charge is 0.309 e. The molecule has 86 valence electrons. The van der Waals surface area contributed by atoms with Gasteiger partial charge in [0.25, 0.3) is 0 Å². The summed E-state index contributed by atoms with van der Waals surface area (Å²) in [4.78, 5) is 22.7. The minimum Gasteiger partial charge on any atom is -0.469 e. The van der Waals surface area contributed by atoms with Crippen LogP contribution in [0.5, 0.6) is 0 Å². The second-order valence-electron chi connectivity index (χ2n) is 4.43. The summed E-state index contributed by atoms with van der Waals surface area (Å²) >= 11 is 0. The van der Waals surface area contributed by atoms with Crippen LogP contribution in [0, 0.1) is 11.8 Å². The van der Waals surface area contributed by atoms with Crippen molar-refractivity contribution in [2.75, 3.05) is 7.11 Å². The Morgan fingerprint density at radius 1 is 1.27 bits per heavy atom. The van der Waals surface area contributed by atoms with Crippen LogP contribution < -0.4 is 0 Å². The fourth-order valence-electron chi connectivity index (χ4n) is 2.44. The number of Topliss-reactive ketones (excluding diaryl/α,β-unsaturated/α-hetero) is 1. The maximum absolute atomic E-state index is 11.6. The van der Waals surface area contributed by atoms with Crippen LogP contribution in [0.15, 0.2) is 0 Å². The van der Waals surface area contributed by atoms with Crippen molar-refractivity contribution in [3.05, 3.63) is 0 Å². The van der Waals surface area contributed by atoms with Gasteiger partial charge in [0.05, 0.1) is 13.0 Å². The van der Waals surface area contributed by atoms with E-state index in [-0.39, 0.29) is 17.7 Å². The van der Waals surface area contributed by atoms with Crippen molar-refractivity contribution in [3.63, 3.8) is 0 Å². The molecular weight excluding hydrogens is 192 g/mol. The Morgan fingerprint density at radius 3 is 2.33 bits per heavy atom. The van der Waals surface area contributed by atoms with Gasteiger partial charge in [-0.25, -0.2) is 0 Å². The van der Waals surface area contributed by atoms with E-state index >= 15 is 0 Å². The minimum atomic E-state index is -0.211. The summed E-state index contributed by atoms with van der Waals surface area (Å²) in [5.41, 5.74) is 0. The Balaban J connectivity index is 2.60. The number of hydrogen-bond donors (Lipinski definition) is 0. The van der Waals surface area contributed by atoms with Crippen LogP contribution in [0.3, 0.4) is 0 Å². The first-order valence-corrected chi connectivity index (χ1v) is 5.72. The van der Waals surface area contributed by atoms with Gasteiger partial charge in [0.2, 0.25) is 0 Å². The predicted octanol–water partition coefficient (Wildman–Crippen LogP) is 2.33. The van der Waals surface area contributed by atoms with Gasteiger partial charge >= 0.3 is 5.97 Å². The molecule has 15 heavy (non-hydrogen) atoms. The zero-order valence-electron chi connectivity index (χ0n) is 9.62. The summed E-state index contributed by atoms with van der Waals surface area (Å²) in [5, 5.41) is 0. The minimum absolute atomic E-state index is 0.0796. The number of ether oxygens (including phenoxy) is 1. The highest BCUT2D eigenvalue weighted by Gasteiger charge is 2.31. The van der Waals surface area contributed by atoms with Crippen LogP contribution in [0.4, 0.5) is 0 Å². The van der Waals surface area contributed by atoms with E-state index in [0.29, 0.717) is 12.3 Å². The van der Waals surface area contributed by atoms with Crippen molar-refractivity contribution in [2.24, 2.45) is 11.8 Å². The van der Waals surface area contributed by atoms with E-state index in [2.05, 4.69) is 0 Å². The molecule has 0 aliphatic heterocycles. The molecule has 0 heterocycles. The maximum Gasteiger partial charge on any atom is 0.309 e. The van der Waals surface area contributed by atoms with Crippen molar-refractivity contribution >= 4 is 11.8 Å². The number of hydrogen-bond acceptors (Lipinski definition) is 3. The lowest BCUT2D eigenvalue weighted by atomic mass is 9.78. The Labute approximate surface area is 91.2 Å². The second-order valence-corrected chi connectivity index (χ2v) is 4.43. The van der Waals surface area contributed by atoms with Crippen LogP contribution >= 0.6 is 0 Å². The van der Waals surface area contributed by atoms with Crippen molar-refractivity contribution in [1.82, 2.24) is 0 Å². The van der Waals surface area contributed by atoms with Gasteiger partial charge in [-0.15, -0.1) is 0 Å². The van der Waals surface area contributed by atoms with Crippen molar-refractivity contribution in [3.8, 4) is 0 Å². The second kappa shape index (κ2) is 5.89. The van der Waals surface area contributed by atoms with Gasteiger partial charge in [0, 0.05) is 6.42 Å². The van der Waals surface area contributed by atoms with Gasteiger partial charge in [0.15, 0.2) is 0 Å². The summed E-state index contributed by atoms with van der Waals surface area (Å²) in [5.74, 6) is 0.0240. The number of rotatable bonds is 4. The third-order valence-corrected chi connectivity index (χ3v) is 3.23. The number of carbonyl (C=O) groups is 2. The fraction of sp³-hybridized carbons (Fsp3) is 0.833. The standard InChI is InChI=1S/C12H20O3/c1-9(13)8-11(12(14)15-2)10-6-4-3-5-7-10/h10-11H,3-8H2,1-2H3. The third kappa shape index (κ3) is 3.65. The SMILES string of the molecule is COC(=O)C(CC(C)=O)C1CCCCC1. The highest BCUT2D eigenvalue weighted by atomic mass is 16.5. The molecule has 1 aliphatic rings. The lowest BCUT2D eigenvalue weighted by Crippen LogP contribution is -2.28. The van der Waals surface area contributed by atoms with Crippen molar-refractivity contribution in [2.45, 2.75) is 45.4 Å². The molecule has 0 saturated heterocycles. The molecule has 3 nitrogen and oxygen atoms in total. The zero-order valence-corrected chi connectivity index (χ0v) is 9.62. The summed E-state index contributed by atoms with van der Waals surface area (Å²) in [6.07, 6.45) is 6.08. The molecule has 0 aromatic rings. The van der Waals surface area contributed by atoms with Crippen molar-refractivity contribution < 1.29 is 14.3 Å². The number of ketones is 1. The van der Waals surface area contributed by atoms with Crippen LogP contribution in [-0.4, -0.2) is 18.9 Å². The van der Waals surface area contributed by atoms with Crippen LogP contribution in [-0.2, 0) is 14.3 Å². The number of methoxy groups -OCH3 is 1. The first-order valence-electron chi connectivity index (χ1n) is 5.72. The Morgan fingerprint density at radius 2 is 1.87 bits per heavy atom. The maximum atomic E-state index is 11.6. The lowest BCUT2D eigenvalue weighted by Gasteiger charge is -2.27. The molecule has 1 saturated carbocycles. The monoisotopic (exact) mass is 212 g/mol. The number of carbonyl (C=O) groups excluding carboxylic acids is 2. The highest BCUT2D eigenvalue weighted by Crippen LogP contribution is 2.32. The van der Waals surface area contributed by atoms with E-state index in [1.54, 1.807) is 6.92 Å². The summed E-state index contributed by atoms with van der Waals surface area (Å²) in [6, 6.07) is 0. The van der Waals surface area contributed by atoms with E-state index in [0.717, 1.165) is 12.8 Å². The normalized spacial score (nSPS) is 19.6. The summed E-state index contributed by atoms with van der Waals surface area (Å²) < 4.78 is 4.78. The summed E-state index contributed by atoms with van der Waals surface area (Å²) in [7, 11) is 1.40. The largest absolute Gasteiger partial charge is 0.469 e. The van der Waals surface area contributed by atoms with E-state index < -0.39 is 0 Å². The van der Waals surface area contributed by atoms with Crippen LogP contribution in [0.25, 0.3) is 0 Å². The average Bonchev–Trinajstić information content (AvgIpc) is 2.26. The van der Waals surface area contributed by atoms with Gasteiger partial charge in [-0.05, 0) is 25.7 Å². The predicted molar refractivity (Wildman–Crippen MR) is 57.4 cm³/mol. The van der Waals surface area contributed by atoms with Crippen LogP contribution in [0.2, 0.25) is 0 Å². The van der Waals surface area contributed by atoms with E-state index in [4.69, 9.17) is 4.74 Å². The average molecular weight is 212 g/mol. The first-order chi connectivity index (χ1) is 7.15. The van der Waals surface area contributed by atoms with Gasteiger partial charge in [-0.3, -0.25) is 4.79 Å². The molecule has 0 amide bonds. The Kier molecular flexibility index (Phi) is 4.79. The molecule has 1 atom stereocenters. The molecule has 0 aromatic carbocycles. The molecule has 0 aromatic heterocycles. The Hall–Kier alpha value is -0.860. The van der Waals surface area contributed by atoms with Gasteiger partial charge < -0.3 is 9.53 Å². The van der Waals surface area contributed by atoms with Gasteiger partial charge in [-0.2, -0.15) is 0 Å². The summed E-state index contributed by atoms with van der Waals surface area (Å²) in [6.45, 7) is 1.54. The van der Waals surface area contributed by atoms with E-state index in [9.17, 15) is 9.59 Å². The molecule has 0 spiro atoms. The Bertz CT molecular complexity index is 229. The molecule has 0 N–H and O–H groups in total. The molecule has 1 unspecified atom stereocenters. The molecule has 3 heteroatoms. The fourth-order valence-corrected chi connectivity index (χ4v) is 2.44. The third-order valence-electron chi connectivity index (χ3n) is 3.23. The first kappa shape index (κ1) is 12.2. The van der Waals surface area contributed by atoms with E-state index in [1.807, 2.05) is 0 Å². The van der Waals surface area contributed by atoms with Gasteiger partial charge in [0.1, 0.15) is 5.78 Å². The number of esters is 1. The van der Waals surface area contributed by atoms with E-state index in [1.165, 1.54) is 26.4 Å². The molecule has 0 radical (unpaired) electrons. The van der Waals surface area contributed by atoms with Crippen LogP contribution in [0.1, 0.15) is 45.4 Å². The van der Waals surface area contributed by atoms with Crippen molar-refractivity contribution in [1.29, 1.82) is 0 Å². The molecule has 0 bridgehead atoms. The van der Waals surface area contributed by atoms with Gasteiger partial charge in [-0.1, -0.05) is 19.3 Å². The molecule has 1 aliphatic carbocycles. The zero-order chi connectivity index (χ0) is 11.3. The molecule has 1 fully saturated rings. The highest BCUT2D eigenvalue weighted by molar-refractivity contribution is 5.82. The lowest BCUT2D eigenvalue weighted by molar-refractivity contribution is -0.149. The molecule has 1 rings (SSSR count).